The lowest BCUT2D eigenvalue weighted by molar-refractivity contribution is -0.136. The summed E-state index contributed by atoms with van der Waals surface area (Å²) in [5, 5.41) is 7.64. The van der Waals surface area contributed by atoms with E-state index in [9.17, 15) is 19.2 Å². The Morgan fingerprint density at radius 3 is 1.97 bits per heavy atom. The summed E-state index contributed by atoms with van der Waals surface area (Å²) in [5.74, 6) is 2.06. The highest BCUT2D eigenvalue weighted by atomic mass is 16.5. The van der Waals surface area contributed by atoms with Crippen molar-refractivity contribution in [1.29, 1.82) is 0 Å². The molecule has 4 N–H and O–H groups in total. The van der Waals surface area contributed by atoms with Crippen molar-refractivity contribution in [3.63, 3.8) is 0 Å². The molecule has 3 fully saturated rings. The second-order valence-electron chi connectivity index (χ2n) is 17.1. The highest BCUT2D eigenvalue weighted by molar-refractivity contribution is 5.92. The number of aromatic amines is 2. The van der Waals surface area contributed by atoms with Gasteiger partial charge in [0, 0.05) is 18.7 Å². The van der Waals surface area contributed by atoms with E-state index < -0.39 is 24.3 Å². The van der Waals surface area contributed by atoms with E-state index in [0.717, 1.165) is 75.1 Å². The minimum atomic E-state index is -0.693. The van der Waals surface area contributed by atoms with Crippen molar-refractivity contribution in [3.05, 3.63) is 72.4 Å². The number of ether oxygens (including phenoxy) is 2. The van der Waals surface area contributed by atoms with Gasteiger partial charge in [-0.15, -0.1) is 0 Å². The lowest BCUT2D eigenvalue weighted by Crippen LogP contribution is -2.51. The Balaban J connectivity index is 0.999. The number of alkyl carbamates (subject to hydrolysis) is 2. The van der Waals surface area contributed by atoms with Crippen LogP contribution in [-0.4, -0.2) is 93.1 Å². The number of hydrogen-bond donors (Lipinski definition) is 4. The molecule has 14 heteroatoms. The zero-order chi connectivity index (χ0) is 41.5. The van der Waals surface area contributed by atoms with E-state index in [1.165, 1.54) is 27.1 Å². The van der Waals surface area contributed by atoms with E-state index in [1.54, 1.807) is 0 Å². The van der Waals surface area contributed by atoms with Crippen molar-refractivity contribution in [1.82, 2.24) is 40.4 Å². The molecule has 3 aromatic carbocycles. The van der Waals surface area contributed by atoms with Gasteiger partial charge in [0.15, 0.2) is 0 Å². The molecule has 4 heterocycles. The van der Waals surface area contributed by atoms with Gasteiger partial charge in [-0.25, -0.2) is 19.6 Å². The zero-order valence-corrected chi connectivity index (χ0v) is 34.6. The standard InChI is InChI=1S/C45H54N8O6/c1-24(2)38(50-44(56)58-5)42(54)52-17-7-8-36(52)40-46-22-35(49-40)31-14-13-27-18-28(11-12-29(27)19-31)30-15-16-33-34(20-30)48-41(47-33)37-21-32(26-9-10-26)23-53(37)43(55)39(25(3)4)51-45(57)59-6/h11-16,18-20,22,24-26,32,36-39H,7-10,17,21,23H2,1-6H3,(H,46,49)(H,47,48)(H,50,56)(H,51,57)/t32?,36-,37-,38-,39-/m0/s1. The van der Waals surface area contributed by atoms with Crippen LogP contribution in [0.15, 0.2) is 60.8 Å². The normalized spacial score (nSPS) is 20.4. The molecule has 8 rings (SSSR count). The van der Waals surface area contributed by atoms with Crippen LogP contribution in [0.3, 0.4) is 0 Å². The number of carbonyl (C=O) groups is 4. The number of rotatable bonds is 11. The molecular formula is C45H54N8O6. The Morgan fingerprint density at radius 1 is 0.712 bits per heavy atom. The van der Waals surface area contributed by atoms with Crippen LogP contribution in [0.2, 0.25) is 0 Å². The van der Waals surface area contributed by atoms with Crippen molar-refractivity contribution in [2.45, 2.75) is 84.0 Å². The largest absolute Gasteiger partial charge is 0.453 e. The fourth-order valence-electron chi connectivity index (χ4n) is 8.96. The number of likely N-dealkylation sites (tertiary alicyclic amines) is 2. The average Bonchev–Trinajstić information content (AvgIpc) is 3.63. The van der Waals surface area contributed by atoms with Crippen LogP contribution in [0.4, 0.5) is 9.59 Å². The van der Waals surface area contributed by atoms with Gasteiger partial charge >= 0.3 is 12.2 Å². The number of carbonyl (C=O) groups excluding carboxylic acids is 4. The second-order valence-corrected chi connectivity index (χ2v) is 17.1. The first-order valence-electron chi connectivity index (χ1n) is 20.8. The topological polar surface area (TPSA) is 175 Å². The van der Waals surface area contributed by atoms with Crippen molar-refractivity contribution in [3.8, 4) is 22.4 Å². The van der Waals surface area contributed by atoms with E-state index in [0.29, 0.717) is 24.9 Å². The molecule has 1 aliphatic carbocycles. The van der Waals surface area contributed by atoms with Gasteiger partial charge in [-0.1, -0.05) is 58.0 Å². The molecule has 2 aliphatic heterocycles. The number of H-pyrrole nitrogens is 2. The highest BCUT2D eigenvalue weighted by Crippen LogP contribution is 2.47. The summed E-state index contributed by atoms with van der Waals surface area (Å²) in [5.41, 5.74) is 5.71. The van der Waals surface area contributed by atoms with Crippen molar-refractivity contribution >= 4 is 45.8 Å². The first-order chi connectivity index (χ1) is 28.4. The summed E-state index contributed by atoms with van der Waals surface area (Å²) >= 11 is 0. The Kier molecular flexibility index (Phi) is 11.1. The Bertz CT molecular complexity index is 2380. The molecule has 2 aromatic heterocycles. The van der Waals surface area contributed by atoms with Crippen LogP contribution in [-0.2, 0) is 19.1 Å². The molecule has 2 saturated heterocycles. The number of hydrogen-bond acceptors (Lipinski definition) is 8. The van der Waals surface area contributed by atoms with Crippen LogP contribution in [0.1, 0.15) is 83.5 Å². The molecule has 0 radical (unpaired) electrons. The Hall–Kier alpha value is -5.92. The van der Waals surface area contributed by atoms with E-state index in [4.69, 9.17) is 19.4 Å². The molecule has 59 heavy (non-hydrogen) atoms. The van der Waals surface area contributed by atoms with Crippen molar-refractivity contribution in [2.75, 3.05) is 27.3 Å². The number of nitrogens with zero attached hydrogens (tertiary/aromatic N) is 4. The Labute approximate surface area is 343 Å². The van der Waals surface area contributed by atoms with Gasteiger partial charge in [-0.05, 0) is 102 Å². The first-order valence-corrected chi connectivity index (χ1v) is 20.8. The molecule has 3 aliphatic rings. The zero-order valence-electron chi connectivity index (χ0n) is 34.6. The number of methoxy groups -OCH3 is 2. The number of benzene rings is 3. The summed E-state index contributed by atoms with van der Waals surface area (Å²) in [6.07, 6.45) is 5.43. The fraction of sp³-hybridized carbons (Fsp3) is 0.467. The third-order valence-electron chi connectivity index (χ3n) is 12.4. The molecular weight excluding hydrogens is 749 g/mol. The van der Waals surface area contributed by atoms with Crippen LogP contribution in [0, 0.1) is 23.7 Å². The molecule has 14 nitrogen and oxygen atoms in total. The van der Waals surface area contributed by atoms with Gasteiger partial charge in [-0.3, -0.25) is 9.59 Å². The van der Waals surface area contributed by atoms with Crippen LogP contribution in [0.25, 0.3) is 44.2 Å². The van der Waals surface area contributed by atoms with E-state index in [2.05, 4.69) is 69.1 Å². The molecule has 5 atom stereocenters. The van der Waals surface area contributed by atoms with Gasteiger partial charge in [0.05, 0.1) is 49.2 Å². The number of fused-ring (bicyclic) bond motifs is 2. The number of imidazole rings is 2. The maximum absolute atomic E-state index is 14.0. The van der Waals surface area contributed by atoms with Crippen LogP contribution in [0.5, 0.6) is 0 Å². The van der Waals surface area contributed by atoms with E-state index in [-0.39, 0.29) is 35.7 Å². The van der Waals surface area contributed by atoms with Gasteiger partial charge < -0.3 is 39.9 Å². The maximum Gasteiger partial charge on any atom is 0.407 e. The predicted octanol–water partition coefficient (Wildman–Crippen LogP) is 7.50. The van der Waals surface area contributed by atoms with Gasteiger partial charge in [0.2, 0.25) is 11.8 Å². The fourth-order valence-corrected chi connectivity index (χ4v) is 8.96. The number of nitrogens with one attached hydrogen (secondary N) is 4. The Morgan fingerprint density at radius 2 is 1.32 bits per heavy atom. The minimum Gasteiger partial charge on any atom is -0.453 e. The smallest absolute Gasteiger partial charge is 0.407 e. The molecule has 0 bridgehead atoms. The quantitative estimate of drug-likeness (QED) is 0.106. The van der Waals surface area contributed by atoms with Crippen LogP contribution >= 0.6 is 0 Å². The summed E-state index contributed by atoms with van der Waals surface area (Å²) in [6.45, 7) is 8.92. The molecule has 4 amide bonds. The third kappa shape index (κ3) is 8.09. The second kappa shape index (κ2) is 16.4. The average molecular weight is 803 g/mol. The van der Waals surface area contributed by atoms with E-state index >= 15 is 0 Å². The molecule has 0 spiro atoms. The van der Waals surface area contributed by atoms with Gasteiger partial charge in [0.1, 0.15) is 23.7 Å². The van der Waals surface area contributed by atoms with Crippen molar-refractivity contribution in [2.24, 2.45) is 23.7 Å². The third-order valence-corrected chi connectivity index (χ3v) is 12.4. The first kappa shape index (κ1) is 39.9. The monoisotopic (exact) mass is 802 g/mol. The lowest BCUT2D eigenvalue weighted by atomic mass is 9.99. The predicted molar refractivity (Wildman–Crippen MR) is 224 cm³/mol. The van der Waals surface area contributed by atoms with Crippen molar-refractivity contribution < 1.29 is 28.7 Å². The van der Waals surface area contributed by atoms with Crippen LogP contribution < -0.4 is 10.6 Å². The summed E-state index contributed by atoms with van der Waals surface area (Å²) in [6, 6.07) is 17.2. The number of amides is 4. The molecule has 310 valence electrons. The summed E-state index contributed by atoms with van der Waals surface area (Å²) in [4.78, 5) is 72.3. The highest BCUT2D eigenvalue weighted by Gasteiger charge is 2.46. The molecule has 5 aromatic rings. The molecule has 1 saturated carbocycles. The van der Waals surface area contributed by atoms with Gasteiger partial charge in [0.25, 0.3) is 0 Å². The lowest BCUT2D eigenvalue weighted by Gasteiger charge is -2.30. The molecule has 1 unspecified atom stereocenters. The summed E-state index contributed by atoms with van der Waals surface area (Å²) < 4.78 is 9.62. The SMILES string of the molecule is COC(=O)N[C@H](C(=O)N1CCC[C@H]1c1ncc(-c2ccc3cc(-c4ccc5nc([C@@H]6CC(C7CC7)CN6C(=O)[C@@H](NC(=O)OC)C(C)C)[nH]c5c4)ccc3c2)[nH]1)C(C)C. The maximum atomic E-state index is 14.0. The van der Waals surface area contributed by atoms with Gasteiger partial charge in [-0.2, -0.15) is 0 Å². The van der Waals surface area contributed by atoms with E-state index in [1.807, 2.05) is 49.8 Å². The summed E-state index contributed by atoms with van der Waals surface area (Å²) in [7, 11) is 2.60. The number of aromatic nitrogens is 4. The minimum absolute atomic E-state index is 0.106.